The van der Waals surface area contributed by atoms with Crippen LogP contribution in [0.1, 0.15) is 22.6 Å². The first kappa shape index (κ1) is 13.0. The highest BCUT2D eigenvalue weighted by Crippen LogP contribution is 2.42. The number of aromatic nitrogens is 2. The molecule has 1 aliphatic rings. The molecule has 0 aliphatic heterocycles. The number of hydrogen-bond donors (Lipinski definition) is 1. The maximum absolute atomic E-state index is 14.3. The Morgan fingerprint density at radius 2 is 1.73 bits per heavy atom. The maximum Gasteiger partial charge on any atom is 0.220 e. The molecule has 2 aromatic carbocycles. The van der Waals surface area contributed by atoms with Crippen molar-refractivity contribution < 1.29 is 4.39 Å². The second-order valence-corrected chi connectivity index (χ2v) is 5.47. The first-order chi connectivity index (χ1) is 10.7. The predicted molar refractivity (Wildman–Crippen MR) is 83.8 cm³/mol. The molecule has 4 heteroatoms. The highest BCUT2D eigenvalue weighted by Gasteiger charge is 2.28. The SMILES string of the molecule is Nc1ncc2c(n1)-c1ccccc1C(c1ccccc1F)C2. The van der Waals surface area contributed by atoms with E-state index in [1.165, 1.54) is 6.07 Å². The van der Waals surface area contributed by atoms with Gasteiger partial charge in [-0.1, -0.05) is 42.5 Å². The highest BCUT2D eigenvalue weighted by molar-refractivity contribution is 5.72. The van der Waals surface area contributed by atoms with Crippen molar-refractivity contribution in [2.75, 3.05) is 5.73 Å². The van der Waals surface area contributed by atoms with Crippen molar-refractivity contribution in [1.29, 1.82) is 0 Å². The molecule has 0 saturated heterocycles. The van der Waals surface area contributed by atoms with Gasteiger partial charge in [-0.3, -0.25) is 0 Å². The standard InChI is InChI=1S/C18H14FN3/c19-16-8-4-3-6-13(16)15-9-11-10-21-18(20)22-17(11)14-7-2-1-5-12(14)15/h1-8,10,15H,9H2,(H2,20,21,22). The first-order valence-corrected chi connectivity index (χ1v) is 7.19. The van der Waals surface area contributed by atoms with Gasteiger partial charge in [0, 0.05) is 17.7 Å². The molecule has 2 N–H and O–H groups in total. The van der Waals surface area contributed by atoms with Crippen LogP contribution < -0.4 is 5.73 Å². The molecule has 3 nitrogen and oxygen atoms in total. The van der Waals surface area contributed by atoms with Crippen molar-refractivity contribution in [3.8, 4) is 11.3 Å². The van der Waals surface area contributed by atoms with Crippen molar-refractivity contribution in [1.82, 2.24) is 9.97 Å². The summed E-state index contributed by atoms with van der Waals surface area (Å²) in [6.07, 6.45) is 2.43. The first-order valence-electron chi connectivity index (χ1n) is 7.19. The fourth-order valence-electron chi connectivity index (χ4n) is 3.18. The molecule has 0 spiro atoms. The minimum atomic E-state index is -0.179. The van der Waals surface area contributed by atoms with E-state index in [1.54, 1.807) is 12.3 Å². The minimum Gasteiger partial charge on any atom is -0.368 e. The number of halogens is 1. The second-order valence-electron chi connectivity index (χ2n) is 5.47. The smallest absolute Gasteiger partial charge is 0.220 e. The van der Waals surface area contributed by atoms with E-state index in [1.807, 2.05) is 36.4 Å². The van der Waals surface area contributed by atoms with E-state index in [4.69, 9.17) is 5.73 Å². The molecule has 1 aromatic heterocycles. The number of fused-ring (bicyclic) bond motifs is 3. The van der Waals surface area contributed by atoms with E-state index in [2.05, 4.69) is 9.97 Å². The Bertz CT molecular complexity index is 860. The monoisotopic (exact) mass is 291 g/mol. The quantitative estimate of drug-likeness (QED) is 0.746. The van der Waals surface area contributed by atoms with Crippen LogP contribution in [0.4, 0.5) is 10.3 Å². The van der Waals surface area contributed by atoms with Gasteiger partial charge >= 0.3 is 0 Å². The number of nitrogen functional groups attached to an aromatic ring is 1. The number of nitrogens with two attached hydrogens (primary N) is 1. The van der Waals surface area contributed by atoms with E-state index in [0.717, 1.165) is 22.4 Å². The summed E-state index contributed by atoms with van der Waals surface area (Å²) in [5, 5.41) is 0. The second kappa shape index (κ2) is 4.91. The number of rotatable bonds is 1. The van der Waals surface area contributed by atoms with E-state index in [9.17, 15) is 4.39 Å². The summed E-state index contributed by atoms with van der Waals surface area (Å²) in [5.74, 6) is 0.0529. The van der Waals surface area contributed by atoms with Gasteiger partial charge in [0.05, 0.1) is 5.69 Å². The van der Waals surface area contributed by atoms with Crippen molar-refractivity contribution in [2.24, 2.45) is 0 Å². The van der Waals surface area contributed by atoms with Gasteiger partial charge in [-0.15, -0.1) is 0 Å². The average Bonchev–Trinajstić information content (AvgIpc) is 2.55. The van der Waals surface area contributed by atoms with Crippen LogP contribution in [-0.2, 0) is 6.42 Å². The Balaban J connectivity index is 1.95. The summed E-state index contributed by atoms with van der Waals surface area (Å²) in [6.45, 7) is 0. The zero-order valence-corrected chi connectivity index (χ0v) is 11.8. The lowest BCUT2D eigenvalue weighted by atomic mass is 9.78. The van der Waals surface area contributed by atoms with Crippen LogP contribution in [0.2, 0.25) is 0 Å². The van der Waals surface area contributed by atoms with Crippen LogP contribution in [-0.4, -0.2) is 9.97 Å². The highest BCUT2D eigenvalue weighted by atomic mass is 19.1. The molecule has 4 rings (SSSR count). The van der Waals surface area contributed by atoms with Gasteiger partial charge in [0.25, 0.3) is 0 Å². The normalized spacial score (nSPS) is 16.0. The van der Waals surface area contributed by atoms with Crippen LogP contribution in [0, 0.1) is 5.82 Å². The van der Waals surface area contributed by atoms with Gasteiger partial charge < -0.3 is 5.73 Å². The lowest BCUT2D eigenvalue weighted by molar-refractivity contribution is 0.593. The topological polar surface area (TPSA) is 51.8 Å². The summed E-state index contributed by atoms with van der Waals surface area (Å²) in [7, 11) is 0. The molecule has 3 aromatic rings. The van der Waals surface area contributed by atoms with E-state index < -0.39 is 0 Å². The van der Waals surface area contributed by atoms with Crippen LogP contribution in [0.3, 0.4) is 0 Å². The fraction of sp³-hybridized carbons (Fsp3) is 0.111. The molecular weight excluding hydrogens is 277 g/mol. The summed E-state index contributed by atoms with van der Waals surface area (Å²) < 4.78 is 14.3. The zero-order valence-electron chi connectivity index (χ0n) is 11.8. The molecule has 0 radical (unpaired) electrons. The van der Waals surface area contributed by atoms with Crippen molar-refractivity contribution in [3.63, 3.8) is 0 Å². The fourth-order valence-corrected chi connectivity index (χ4v) is 3.18. The molecule has 1 unspecified atom stereocenters. The van der Waals surface area contributed by atoms with E-state index in [-0.39, 0.29) is 17.7 Å². The van der Waals surface area contributed by atoms with Crippen LogP contribution in [0.5, 0.6) is 0 Å². The number of benzene rings is 2. The third kappa shape index (κ3) is 1.96. The molecule has 0 bridgehead atoms. The van der Waals surface area contributed by atoms with Crippen molar-refractivity contribution in [3.05, 3.63) is 77.2 Å². The predicted octanol–water partition coefficient (Wildman–Crippen LogP) is 3.55. The summed E-state index contributed by atoms with van der Waals surface area (Å²) in [6, 6.07) is 14.9. The van der Waals surface area contributed by atoms with Gasteiger partial charge in [0.1, 0.15) is 5.82 Å². The van der Waals surface area contributed by atoms with Gasteiger partial charge in [0.15, 0.2) is 0 Å². The minimum absolute atomic E-state index is 0.0304. The van der Waals surface area contributed by atoms with E-state index in [0.29, 0.717) is 12.0 Å². The van der Waals surface area contributed by atoms with Crippen LogP contribution in [0.25, 0.3) is 11.3 Å². The van der Waals surface area contributed by atoms with Crippen LogP contribution in [0.15, 0.2) is 54.7 Å². The lowest BCUT2D eigenvalue weighted by Gasteiger charge is -2.27. The average molecular weight is 291 g/mol. The zero-order chi connectivity index (χ0) is 15.1. The number of hydrogen-bond acceptors (Lipinski definition) is 3. The lowest BCUT2D eigenvalue weighted by Crippen LogP contribution is -2.16. The molecule has 0 fully saturated rings. The van der Waals surface area contributed by atoms with Gasteiger partial charge in [-0.25, -0.2) is 14.4 Å². The Labute approximate surface area is 127 Å². The van der Waals surface area contributed by atoms with Crippen molar-refractivity contribution >= 4 is 5.95 Å². The Morgan fingerprint density at radius 3 is 2.55 bits per heavy atom. The molecule has 0 saturated carbocycles. The third-order valence-corrected chi connectivity index (χ3v) is 4.18. The number of nitrogens with zero attached hydrogens (tertiary/aromatic N) is 2. The summed E-state index contributed by atoms with van der Waals surface area (Å²) >= 11 is 0. The summed E-state index contributed by atoms with van der Waals surface area (Å²) in [4.78, 5) is 8.47. The largest absolute Gasteiger partial charge is 0.368 e. The molecular formula is C18H14FN3. The van der Waals surface area contributed by atoms with Gasteiger partial charge in [-0.05, 0) is 29.2 Å². The van der Waals surface area contributed by atoms with Crippen molar-refractivity contribution in [2.45, 2.75) is 12.3 Å². The molecule has 1 heterocycles. The molecule has 108 valence electrons. The molecule has 1 atom stereocenters. The van der Waals surface area contributed by atoms with E-state index >= 15 is 0 Å². The van der Waals surface area contributed by atoms with Gasteiger partial charge in [-0.2, -0.15) is 0 Å². The van der Waals surface area contributed by atoms with Crippen LogP contribution >= 0.6 is 0 Å². The Kier molecular flexibility index (Phi) is 2.89. The molecule has 0 amide bonds. The molecule has 22 heavy (non-hydrogen) atoms. The van der Waals surface area contributed by atoms with Gasteiger partial charge in [0.2, 0.25) is 5.95 Å². The third-order valence-electron chi connectivity index (χ3n) is 4.18. The maximum atomic E-state index is 14.3. The number of anilines is 1. The summed E-state index contributed by atoms with van der Waals surface area (Å²) in [5.41, 5.74) is 10.4. The Hall–Kier alpha value is -2.75. The molecule has 1 aliphatic carbocycles. The Morgan fingerprint density at radius 1 is 1.00 bits per heavy atom.